The Bertz CT molecular complexity index is 426. The van der Waals surface area contributed by atoms with E-state index in [2.05, 4.69) is 0 Å². The molecule has 3 nitrogen and oxygen atoms in total. The molecule has 1 atom stereocenters. The van der Waals surface area contributed by atoms with Crippen molar-refractivity contribution in [1.29, 1.82) is 0 Å². The number of carboxylic acid groups (broad SMARTS) is 1. The van der Waals surface area contributed by atoms with Gasteiger partial charge in [0, 0.05) is 6.54 Å². The fourth-order valence-corrected chi connectivity index (χ4v) is 2.08. The molecule has 0 aliphatic carbocycles. The first-order valence-electron chi connectivity index (χ1n) is 5.45. The van der Waals surface area contributed by atoms with E-state index in [0.29, 0.717) is 5.56 Å². The second-order valence-electron chi connectivity index (χ2n) is 4.76. The molecule has 0 aromatic heterocycles. The van der Waals surface area contributed by atoms with Crippen molar-refractivity contribution in [1.82, 2.24) is 0 Å². The summed E-state index contributed by atoms with van der Waals surface area (Å²) in [6.07, 6.45) is 0. The van der Waals surface area contributed by atoms with E-state index in [-0.39, 0.29) is 6.54 Å². The minimum Gasteiger partial charge on any atom is -0.480 e. The first-order valence-corrected chi connectivity index (χ1v) is 5.45. The molecule has 1 unspecified atom stereocenters. The maximum Gasteiger partial charge on any atom is 0.318 e. The van der Waals surface area contributed by atoms with Gasteiger partial charge in [-0.05, 0) is 26.3 Å². The smallest absolute Gasteiger partial charge is 0.318 e. The van der Waals surface area contributed by atoms with Crippen LogP contribution in [-0.2, 0) is 10.2 Å². The van der Waals surface area contributed by atoms with Gasteiger partial charge >= 0.3 is 5.97 Å². The third-order valence-electron chi connectivity index (χ3n) is 3.20. The molecule has 0 amide bonds. The van der Waals surface area contributed by atoms with E-state index in [9.17, 15) is 14.3 Å². The molecule has 0 bridgehead atoms. The largest absolute Gasteiger partial charge is 0.480 e. The van der Waals surface area contributed by atoms with Gasteiger partial charge in [0.15, 0.2) is 0 Å². The standard InChI is InChI=1S/C13H18FNO2/c1-9-5-4-6-10(7-9)13(8-15,11(16)17)12(2,3)14/h4-7H,8,15H2,1-3H3,(H,16,17). The molecular formula is C13H18FNO2. The third kappa shape index (κ3) is 2.17. The van der Waals surface area contributed by atoms with Crippen molar-refractivity contribution in [3.8, 4) is 0 Å². The Morgan fingerprint density at radius 2 is 2.06 bits per heavy atom. The number of hydrogen-bond donors (Lipinski definition) is 2. The topological polar surface area (TPSA) is 63.3 Å². The van der Waals surface area contributed by atoms with Gasteiger partial charge in [0.1, 0.15) is 11.1 Å². The summed E-state index contributed by atoms with van der Waals surface area (Å²) in [5.41, 5.74) is 3.19. The van der Waals surface area contributed by atoms with Gasteiger partial charge < -0.3 is 10.8 Å². The Hall–Kier alpha value is -1.42. The van der Waals surface area contributed by atoms with Crippen molar-refractivity contribution in [3.05, 3.63) is 35.4 Å². The minimum absolute atomic E-state index is 0.282. The fourth-order valence-electron chi connectivity index (χ4n) is 2.08. The highest BCUT2D eigenvalue weighted by Gasteiger charge is 2.52. The number of aryl methyl sites for hydroxylation is 1. The van der Waals surface area contributed by atoms with E-state index >= 15 is 0 Å². The molecule has 0 saturated carbocycles. The van der Waals surface area contributed by atoms with Gasteiger partial charge in [-0.2, -0.15) is 0 Å². The molecule has 0 saturated heterocycles. The molecule has 1 aromatic rings. The van der Waals surface area contributed by atoms with Crippen molar-refractivity contribution >= 4 is 5.97 Å². The number of aliphatic carboxylic acids is 1. The summed E-state index contributed by atoms with van der Waals surface area (Å²) in [7, 11) is 0. The number of hydrogen-bond acceptors (Lipinski definition) is 2. The molecule has 4 heteroatoms. The molecule has 0 spiro atoms. The van der Waals surface area contributed by atoms with Crippen LogP contribution in [0, 0.1) is 6.92 Å². The Morgan fingerprint density at radius 3 is 2.41 bits per heavy atom. The van der Waals surface area contributed by atoms with Crippen molar-refractivity contribution in [3.63, 3.8) is 0 Å². The Kier molecular flexibility index (Phi) is 3.57. The Balaban J connectivity index is 3.49. The van der Waals surface area contributed by atoms with Crippen LogP contribution < -0.4 is 5.73 Å². The lowest BCUT2D eigenvalue weighted by Crippen LogP contribution is -2.55. The van der Waals surface area contributed by atoms with Gasteiger partial charge in [-0.3, -0.25) is 4.79 Å². The summed E-state index contributed by atoms with van der Waals surface area (Å²) in [6, 6.07) is 6.82. The first kappa shape index (κ1) is 13.6. The number of nitrogens with two attached hydrogens (primary N) is 1. The molecule has 3 N–H and O–H groups in total. The van der Waals surface area contributed by atoms with Crippen LogP contribution in [0.25, 0.3) is 0 Å². The highest BCUT2D eigenvalue weighted by molar-refractivity contribution is 5.83. The van der Waals surface area contributed by atoms with E-state index < -0.39 is 17.1 Å². The molecule has 0 aliphatic rings. The minimum atomic E-state index is -1.94. The fraction of sp³-hybridized carbons (Fsp3) is 0.462. The van der Waals surface area contributed by atoms with Gasteiger partial charge in [0.05, 0.1) is 0 Å². The maximum atomic E-state index is 14.3. The Labute approximate surface area is 100 Å². The third-order valence-corrected chi connectivity index (χ3v) is 3.20. The number of carbonyl (C=O) groups is 1. The van der Waals surface area contributed by atoms with Crippen LogP contribution in [0.2, 0.25) is 0 Å². The summed E-state index contributed by atoms with van der Waals surface area (Å²) in [5, 5.41) is 9.38. The van der Waals surface area contributed by atoms with Crippen molar-refractivity contribution in [2.24, 2.45) is 5.73 Å². The van der Waals surface area contributed by atoms with E-state index in [1.165, 1.54) is 13.8 Å². The second kappa shape index (κ2) is 4.45. The quantitative estimate of drug-likeness (QED) is 0.845. The van der Waals surface area contributed by atoms with Crippen LogP contribution in [0.3, 0.4) is 0 Å². The predicted molar refractivity (Wildman–Crippen MR) is 64.7 cm³/mol. The van der Waals surface area contributed by atoms with Crippen LogP contribution in [0.15, 0.2) is 24.3 Å². The van der Waals surface area contributed by atoms with E-state index in [1.54, 1.807) is 18.2 Å². The van der Waals surface area contributed by atoms with Crippen molar-refractivity contribution < 1.29 is 14.3 Å². The van der Waals surface area contributed by atoms with Crippen LogP contribution >= 0.6 is 0 Å². The average Bonchev–Trinajstić information content (AvgIpc) is 2.16. The summed E-state index contributed by atoms with van der Waals surface area (Å²) in [4.78, 5) is 11.5. The zero-order chi connectivity index (χ0) is 13.3. The monoisotopic (exact) mass is 239 g/mol. The number of rotatable bonds is 4. The Morgan fingerprint density at radius 1 is 1.47 bits per heavy atom. The highest BCUT2D eigenvalue weighted by atomic mass is 19.1. The van der Waals surface area contributed by atoms with Gasteiger partial charge in [0.25, 0.3) is 0 Å². The SMILES string of the molecule is Cc1cccc(C(CN)(C(=O)O)C(C)(C)F)c1. The van der Waals surface area contributed by atoms with Crippen molar-refractivity contribution in [2.45, 2.75) is 31.9 Å². The molecule has 17 heavy (non-hydrogen) atoms. The lowest BCUT2D eigenvalue weighted by atomic mass is 9.69. The second-order valence-corrected chi connectivity index (χ2v) is 4.76. The van der Waals surface area contributed by atoms with Crippen LogP contribution in [0.1, 0.15) is 25.0 Å². The molecule has 0 radical (unpaired) electrons. The van der Waals surface area contributed by atoms with E-state index in [4.69, 9.17) is 5.73 Å². The van der Waals surface area contributed by atoms with Gasteiger partial charge in [-0.1, -0.05) is 29.8 Å². The molecule has 0 fully saturated rings. The highest BCUT2D eigenvalue weighted by Crippen LogP contribution is 2.38. The first-order chi connectivity index (χ1) is 7.75. The lowest BCUT2D eigenvalue weighted by molar-refractivity contribution is -0.149. The van der Waals surface area contributed by atoms with Crippen LogP contribution in [0.5, 0.6) is 0 Å². The molecule has 1 rings (SSSR count). The maximum absolute atomic E-state index is 14.3. The number of alkyl halides is 1. The summed E-state index contributed by atoms with van der Waals surface area (Å²) >= 11 is 0. The average molecular weight is 239 g/mol. The van der Waals surface area contributed by atoms with Crippen LogP contribution in [0.4, 0.5) is 4.39 Å². The molecule has 1 aromatic carbocycles. The van der Waals surface area contributed by atoms with Crippen LogP contribution in [-0.4, -0.2) is 23.3 Å². The van der Waals surface area contributed by atoms with E-state index in [1.807, 2.05) is 13.0 Å². The summed E-state index contributed by atoms with van der Waals surface area (Å²) in [5.74, 6) is -1.24. The summed E-state index contributed by atoms with van der Waals surface area (Å²) in [6.45, 7) is 4.04. The number of benzene rings is 1. The zero-order valence-corrected chi connectivity index (χ0v) is 10.3. The van der Waals surface area contributed by atoms with Gasteiger partial charge in [-0.25, -0.2) is 4.39 Å². The molecule has 0 heterocycles. The summed E-state index contributed by atoms with van der Waals surface area (Å²) < 4.78 is 14.3. The lowest BCUT2D eigenvalue weighted by Gasteiger charge is -2.37. The number of halogens is 1. The van der Waals surface area contributed by atoms with Gasteiger partial charge in [0.2, 0.25) is 0 Å². The number of carboxylic acids is 1. The zero-order valence-electron chi connectivity index (χ0n) is 10.3. The predicted octanol–water partition coefficient (Wildman–Crippen LogP) is 2.02. The van der Waals surface area contributed by atoms with Crippen molar-refractivity contribution in [2.75, 3.05) is 6.54 Å². The molecule has 94 valence electrons. The molecule has 0 aliphatic heterocycles. The normalized spacial score (nSPS) is 15.4. The van der Waals surface area contributed by atoms with E-state index in [0.717, 1.165) is 5.56 Å². The van der Waals surface area contributed by atoms with Gasteiger partial charge in [-0.15, -0.1) is 0 Å². The molecular weight excluding hydrogens is 221 g/mol.